The van der Waals surface area contributed by atoms with Gasteiger partial charge >= 0.3 is 0 Å². The fourth-order valence-corrected chi connectivity index (χ4v) is 4.70. The SMILES string of the molecule is CO[C@H]1S[C@H](S(C)=O)[C@H](C)[C@@H]1C. The molecule has 1 heterocycles. The van der Waals surface area contributed by atoms with E-state index in [2.05, 4.69) is 13.8 Å². The minimum Gasteiger partial charge on any atom is -0.371 e. The first-order chi connectivity index (χ1) is 5.57. The average Bonchev–Trinajstić information content (AvgIpc) is 2.30. The maximum absolute atomic E-state index is 11.3. The van der Waals surface area contributed by atoms with Crippen LogP contribution in [0.15, 0.2) is 0 Å². The molecule has 1 rings (SSSR count). The Morgan fingerprint density at radius 1 is 1.33 bits per heavy atom. The van der Waals surface area contributed by atoms with Gasteiger partial charge < -0.3 is 4.74 Å². The summed E-state index contributed by atoms with van der Waals surface area (Å²) < 4.78 is 16.9. The van der Waals surface area contributed by atoms with E-state index < -0.39 is 10.8 Å². The smallest absolute Gasteiger partial charge is 0.106 e. The molecule has 0 aromatic heterocycles. The molecule has 72 valence electrons. The summed E-state index contributed by atoms with van der Waals surface area (Å²) in [7, 11) is 0.993. The van der Waals surface area contributed by atoms with Crippen LogP contribution in [0.25, 0.3) is 0 Å². The second-order valence-electron chi connectivity index (χ2n) is 3.33. The highest BCUT2D eigenvalue weighted by molar-refractivity contribution is 8.11. The lowest BCUT2D eigenvalue weighted by molar-refractivity contribution is 0.120. The van der Waals surface area contributed by atoms with Gasteiger partial charge in [-0.2, -0.15) is 0 Å². The lowest BCUT2D eigenvalue weighted by Gasteiger charge is -2.15. The largest absolute Gasteiger partial charge is 0.371 e. The van der Waals surface area contributed by atoms with Crippen molar-refractivity contribution in [2.24, 2.45) is 11.8 Å². The average molecular weight is 208 g/mol. The molecule has 0 aromatic carbocycles. The van der Waals surface area contributed by atoms with Crippen LogP contribution in [0.4, 0.5) is 0 Å². The van der Waals surface area contributed by atoms with E-state index in [4.69, 9.17) is 4.74 Å². The molecule has 4 heteroatoms. The van der Waals surface area contributed by atoms with Crippen LogP contribution in [-0.4, -0.2) is 27.6 Å². The van der Waals surface area contributed by atoms with E-state index in [9.17, 15) is 4.21 Å². The fourth-order valence-electron chi connectivity index (χ4n) is 1.53. The molecule has 0 radical (unpaired) electrons. The molecule has 0 aromatic rings. The molecule has 1 saturated heterocycles. The van der Waals surface area contributed by atoms with E-state index in [0.717, 1.165) is 0 Å². The maximum atomic E-state index is 11.3. The van der Waals surface area contributed by atoms with E-state index in [1.54, 1.807) is 25.1 Å². The van der Waals surface area contributed by atoms with Crippen LogP contribution in [0.2, 0.25) is 0 Å². The first-order valence-corrected chi connectivity index (χ1v) is 6.64. The lowest BCUT2D eigenvalue weighted by Crippen LogP contribution is -2.19. The molecular weight excluding hydrogens is 192 g/mol. The van der Waals surface area contributed by atoms with Crippen molar-refractivity contribution in [3.05, 3.63) is 0 Å². The molecule has 1 fully saturated rings. The van der Waals surface area contributed by atoms with Crippen molar-refractivity contribution in [1.82, 2.24) is 0 Å². The van der Waals surface area contributed by atoms with Gasteiger partial charge in [-0.3, -0.25) is 4.21 Å². The summed E-state index contributed by atoms with van der Waals surface area (Å²) in [6.45, 7) is 4.32. The summed E-state index contributed by atoms with van der Waals surface area (Å²) in [5.74, 6) is 1.000. The van der Waals surface area contributed by atoms with Crippen molar-refractivity contribution in [2.75, 3.05) is 13.4 Å². The van der Waals surface area contributed by atoms with Gasteiger partial charge in [0.25, 0.3) is 0 Å². The third-order valence-electron chi connectivity index (χ3n) is 2.52. The minimum absolute atomic E-state index is 0.230. The monoisotopic (exact) mass is 208 g/mol. The van der Waals surface area contributed by atoms with Crippen LogP contribution in [0.3, 0.4) is 0 Å². The van der Waals surface area contributed by atoms with Crippen LogP contribution in [0.5, 0.6) is 0 Å². The summed E-state index contributed by atoms with van der Waals surface area (Å²) >= 11 is 1.71. The van der Waals surface area contributed by atoms with Crippen molar-refractivity contribution in [2.45, 2.75) is 23.9 Å². The summed E-state index contributed by atoms with van der Waals surface area (Å²) in [4.78, 5) is 0. The fraction of sp³-hybridized carbons (Fsp3) is 1.00. The van der Waals surface area contributed by atoms with Gasteiger partial charge in [-0.05, 0) is 11.8 Å². The number of hydrogen-bond acceptors (Lipinski definition) is 3. The Balaban J connectivity index is 2.66. The van der Waals surface area contributed by atoms with Gasteiger partial charge in [0.1, 0.15) is 5.44 Å². The Morgan fingerprint density at radius 3 is 2.17 bits per heavy atom. The Morgan fingerprint density at radius 2 is 1.92 bits per heavy atom. The summed E-state index contributed by atoms with van der Waals surface area (Å²) in [5, 5.41) is 0. The predicted molar refractivity (Wildman–Crippen MR) is 54.6 cm³/mol. The lowest BCUT2D eigenvalue weighted by atomic mass is 9.99. The zero-order valence-electron chi connectivity index (χ0n) is 7.94. The van der Waals surface area contributed by atoms with Gasteiger partial charge in [0, 0.05) is 24.2 Å². The van der Waals surface area contributed by atoms with Gasteiger partial charge in [-0.15, -0.1) is 11.8 Å². The Labute approximate surface area is 80.9 Å². The first-order valence-electron chi connectivity index (χ1n) is 4.08. The minimum atomic E-state index is -0.731. The number of rotatable bonds is 2. The first kappa shape index (κ1) is 10.5. The summed E-state index contributed by atoms with van der Waals surface area (Å²) in [5.41, 5.74) is 0.230. The van der Waals surface area contributed by atoms with Crippen LogP contribution in [0, 0.1) is 11.8 Å². The normalized spacial score (nSPS) is 44.7. The van der Waals surface area contributed by atoms with E-state index in [1.807, 2.05) is 0 Å². The van der Waals surface area contributed by atoms with Crippen LogP contribution < -0.4 is 0 Å². The molecule has 0 bridgehead atoms. The predicted octanol–water partition coefficient (Wildman–Crippen LogP) is 1.68. The highest BCUT2D eigenvalue weighted by Crippen LogP contribution is 2.44. The molecule has 0 amide bonds. The number of thioether (sulfide) groups is 1. The summed E-state index contributed by atoms with van der Waals surface area (Å²) in [6.07, 6.45) is 1.78. The van der Waals surface area contributed by atoms with Gasteiger partial charge in [0.15, 0.2) is 0 Å². The van der Waals surface area contributed by atoms with E-state index in [0.29, 0.717) is 11.8 Å². The quantitative estimate of drug-likeness (QED) is 0.690. The van der Waals surface area contributed by atoms with Crippen molar-refractivity contribution >= 4 is 22.6 Å². The standard InChI is InChI=1S/C8H16O2S2/c1-5-6(2)8(12(4)9)11-7(5)10-3/h5-8H,1-4H3/t5-,6+,7-,8+,12?/m0/s1. The van der Waals surface area contributed by atoms with Crippen molar-refractivity contribution in [3.63, 3.8) is 0 Å². The maximum Gasteiger partial charge on any atom is 0.106 e. The van der Waals surface area contributed by atoms with Gasteiger partial charge in [-0.1, -0.05) is 13.8 Å². The molecule has 1 aliphatic heterocycles. The molecule has 1 unspecified atom stereocenters. The molecule has 0 spiro atoms. The van der Waals surface area contributed by atoms with Crippen molar-refractivity contribution in [1.29, 1.82) is 0 Å². The van der Waals surface area contributed by atoms with Crippen molar-refractivity contribution in [3.8, 4) is 0 Å². The van der Waals surface area contributed by atoms with Gasteiger partial charge in [0.05, 0.1) is 4.58 Å². The van der Waals surface area contributed by atoms with E-state index in [1.165, 1.54) is 0 Å². The molecule has 0 aliphatic carbocycles. The third kappa shape index (κ3) is 1.86. The molecule has 2 nitrogen and oxygen atoms in total. The van der Waals surface area contributed by atoms with Gasteiger partial charge in [-0.25, -0.2) is 0 Å². The highest BCUT2D eigenvalue weighted by Gasteiger charge is 2.40. The molecular formula is C8H16O2S2. The number of hydrogen-bond donors (Lipinski definition) is 0. The summed E-state index contributed by atoms with van der Waals surface area (Å²) in [6, 6.07) is 0. The Kier molecular flexibility index (Phi) is 3.61. The Bertz CT molecular complexity index is 184. The topological polar surface area (TPSA) is 26.3 Å². The molecule has 0 N–H and O–H groups in total. The zero-order chi connectivity index (χ0) is 9.30. The number of methoxy groups -OCH3 is 1. The van der Waals surface area contributed by atoms with E-state index >= 15 is 0 Å². The molecule has 0 saturated carbocycles. The second kappa shape index (κ2) is 4.11. The molecule has 5 atom stereocenters. The van der Waals surface area contributed by atoms with Gasteiger partial charge in [0.2, 0.25) is 0 Å². The molecule has 1 aliphatic rings. The van der Waals surface area contributed by atoms with Crippen LogP contribution in [0.1, 0.15) is 13.8 Å². The van der Waals surface area contributed by atoms with Crippen LogP contribution in [-0.2, 0) is 15.5 Å². The molecule has 12 heavy (non-hydrogen) atoms. The van der Waals surface area contributed by atoms with Crippen LogP contribution >= 0.6 is 11.8 Å². The number of ether oxygens (including phenoxy) is 1. The third-order valence-corrected chi connectivity index (χ3v) is 6.33. The highest BCUT2D eigenvalue weighted by atomic mass is 32.2. The van der Waals surface area contributed by atoms with E-state index in [-0.39, 0.29) is 10.0 Å². The second-order valence-corrected chi connectivity index (χ2v) is 6.37. The van der Waals surface area contributed by atoms with Crippen molar-refractivity contribution < 1.29 is 8.95 Å². The zero-order valence-corrected chi connectivity index (χ0v) is 9.58. The Hall–Kier alpha value is 0.460.